The number of aromatic nitrogens is 4. The second kappa shape index (κ2) is 12.3. The molecule has 0 spiro atoms. The van der Waals surface area contributed by atoms with Gasteiger partial charge in [0.05, 0.1) is 0 Å². The van der Waals surface area contributed by atoms with Gasteiger partial charge in [-0.3, -0.25) is 9.55 Å². The second-order valence-electron chi connectivity index (χ2n) is 10.7. The average molecular weight is 508 g/mol. The van der Waals surface area contributed by atoms with E-state index in [1.807, 2.05) is 28.8 Å². The van der Waals surface area contributed by atoms with Crippen LogP contribution in [0, 0.1) is 5.92 Å². The van der Waals surface area contributed by atoms with Crippen LogP contribution in [-0.2, 0) is 11.5 Å². The summed E-state index contributed by atoms with van der Waals surface area (Å²) in [4.78, 5) is 16.8. The lowest BCUT2D eigenvalue weighted by molar-refractivity contribution is 0.0880. The van der Waals surface area contributed by atoms with Gasteiger partial charge in [-0.15, -0.1) is 10.2 Å². The summed E-state index contributed by atoms with van der Waals surface area (Å²) >= 11 is 0. The van der Waals surface area contributed by atoms with Crippen molar-refractivity contribution in [1.82, 2.24) is 25.1 Å². The maximum absolute atomic E-state index is 12.3. The van der Waals surface area contributed by atoms with E-state index in [0.29, 0.717) is 30.8 Å². The third kappa shape index (κ3) is 7.73. The zero-order valence-electron chi connectivity index (χ0n) is 21.6. The Hall–Kier alpha value is -3.04. The van der Waals surface area contributed by atoms with Crippen LogP contribution in [-0.4, -0.2) is 47.1 Å². The van der Waals surface area contributed by atoms with Gasteiger partial charge in [-0.1, -0.05) is 51.0 Å². The molecule has 9 heteroatoms. The van der Waals surface area contributed by atoms with Crippen molar-refractivity contribution in [2.75, 3.05) is 13.2 Å². The van der Waals surface area contributed by atoms with E-state index < -0.39 is 14.2 Å². The molecule has 1 amide bonds. The van der Waals surface area contributed by atoms with Crippen molar-refractivity contribution in [3.8, 4) is 28.3 Å². The van der Waals surface area contributed by atoms with Crippen LogP contribution in [0.4, 0.5) is 4.79 Å². The van der Waals surface area contributed by atoms with Crippen LogP contribution in [0.5, 0.6) is 5.75 Å². The standard InChI is InChI=1S/C27H37N5O3Si/c1-36(2,3)13-12-34-20-32-19-30-31-26(32)24-14-23(17-28-18-24)22-10-7-11-25(15-22)35-27(33)29-16-21-8-5-4-6-9-21/h7,10-11,14-15,17-19,21H,4-6,8-9,12-13,16,20H2,1-3H3,(H,29,33). The van der Waals surface area contributed by atoms with E-state index in [4.69, 9.17) is 9.47 Å². The van der Waals surface area contributed by atoms with Crippen molar-refractivity contribution in [2.24, 2.45) is 5.92 Å². The number of nitrogens with one attached hydrogen (secondary N) is 1. The van der Waals surface area contributed by atoms with Crippen LogP contribution >= 0.6 is 0 Å². The predicted molar refractivity (Wildman–Crippen MR) is 143 cm³/mol. The van der Waals surface area contributed by atoms with Crippen LogP contribution in [0.3, 0.4) is 0 Å². The zero-order chi connectivity index (χ0) is 25.4. The zero-order valence-corrected chi connectivity index (χ0v) is 22.6. The molecular weight excluding hydrogens is 470 g/mol. The molecule has 0 atom stereocenters. The summed E-state index contributed by atoms with van der Waals surface area (Å²) in [7, 11) is -1.14. The molecular formula is C27H37N5O3Si. The molecule has 4 rings (SSSR count). The quantitative estimate of drug-likeness (QED) is 0.268. The molecule has 1 aliphatic carbocycles. The van der Waals surface area contributed by atoms with E-state index >= 15 is 0 Å². The highest BCUT2D eigenvalue weighted by atomic mass is 28.3. The number of carbonyl (C=O) groups is 1. The average Bonchev–Trinajstić information content (AvgIpc) is 3.34. The molecule has 0 unspecified atom stereocenters. The lowest BCUT2D eigenvalue weighted by Gasteiger charge is -2.21. The number of hydrogen-bond donors (Lipinski definition) is 1. The maximum atomic E-state index is 12.3. The van der Waals surface area contributed by atoms with Gasteiger partial charge in [0.25, 0.3) is 0 Å². The minimum absolute atomic E-state index is 0.399. The lowest BCUT2D eigenvalue weighted by Crippen LogP contribution is -2.32. The molecule has 0 aliphatic heterocycles. The van der Waals surface area contributed by atoms with E-state index in [-0.39, 0.29) is 0 Å². The number of benzene rings is 1. The number of carbonyl (C=O) groups excluding carboxylic acids is 1. The Morgan fingerprint density at radius 3 is 2.69 bits per heavy atom. The minimum atomic E-state index is -1.14. The Balaban J connectivity index is 1.39. The van der Waals surface area contributed by atoms with Crippen LogP contribution in [0.2, 0.25) is 25.7 Å². The Morgan fingerprint density at radius 1 is 1.08 bits per heavy atom. The smallest absolute Gasteiger partial charge is 0.410 e. The van der Waals surface area contributed by atoms with Crippen molar-refractivity contribution >= 4 is 14.2 Å². The first-order chi connectivity index (χ1) is 17.4. The molecule has 8 nitrogen and oxygen atoms in total. The van der Waals surface area contributed by atoms with Gasteiger partial charge in [-0.05, 0) is 48.6 Å². The first-order valence-electron chi connectivity index (χ1n) is 12.8. The van der Waals surface area contributed by atoms with Crippen molar-refractivity contribution in [1.29, 1.82) is 0 Å². The van der Waals surface area contributed by atoms with E-state index in [2.05, 4.69) is 40.1 Å². The fourth-order valence-electron chi connectivity index (χ4n) is 4.34. The molecule has 1 aromatic carbocycles. The lowest BCUT2D eigenvalue weighted by atomic mass is 9.89. The highest BCUT2D eigenvalue weighted by Gasteiger charge is 2.16. The van der Waals surface area contributed by atoms with E-state index in [9.17, 15) is 4.79 Å². The summed E-state index contributed by atoms with van der Waals surface area (Å²) in [5.41, 5.74) is 2.64. The third-order valence-electron chi connectivity index (χ3n) is 6.48. The molecule has 192 valence electrons. The van der Waals surface area contributed by atoms with E-state index in [0.717, 1.165) is 29.3 Å². The number of hydrogen-bond acceptors (Lipinski definition) is 6. The fourth-order valence-corrected chi connectivity index (χ4v) is 5.09. The molecule has 0 bridgehead atoms. The van der Waals surface area contributed by atoms with Gasteiger partial charge in [-0.2, -0.15) is 0 Å². The largest absolute Gasteiger partial charge is 0.412 e. The number of pyridine rings is 1. The van der Waals surface area contributed by atoms with E-state index in [1.54, 1.807) is 24.8 Å². The number of ether oxygens (including phenoxy) is 2. The molecule has 1 N–H and O–H groups in total. The predicted octanol–water partition coefficient (Wildman–Crippen LogP) is 5.99. The Labute approximate surface area is 214 Å². The van der Waals surface area contributed by atoms with Crippen LogP contribution in [0.1, 0.15) is 32.1 Å². The second-order valence-corrected chi connectivity index (χ2v) is 16.4. The fraction of sp³-hybridized carbons (Fsp3) is 0.481. The van der Waals surface area contributed by atoms with Crippen molar-refractivity contribution in [3.05, 3.63) is 49.1 Å². The molecule has 2 heterocycles. The molecule has 1 aliphatic rings. The summed E-state index contributed by atoms with van der Waals surface area (Å²) in [6.45, 7) is 8.81. The summed E-state index contributed by atoms with van der Waals surface area (Å²) in [5.74, 6) is 1.75. The topological polar surface area (TPSA) is 91.2 Å². The van der Waals surface area contributed by atoms with E-state index in [1.165, 1.54) is 32.1 Å². The highest BCUT2D eigenvalue weighted by molar-refractivity contribution is 6.76. The normalized spacial score (nSPS) is 14.5. The maximum Gasteiger partial charge on any atom is 0.412 e. The van der Waals surface area contributed by atoms with Gasteiger partial charge in [0, 0.05) is 44.7 Å². The number of rotatable bonds is 10. The van der Waals surface area contributed by atoms with Crippen molar-refractivity contribution in [3.63, 3.8) is 0 Å². The molecule has 0 saturated heterocycles. The third-order valence-corrected chi connectivity index (χ3v) is 8.18. The van der Waals surface area contributed by atoms with Crippen LogP contribution < -0.4 is 10.1 Å². The van der Waals surface area contributed by atoms with Gasteiger partial charge in [0.15, 0.2) is 5.82 Å². The molecule has 1 fully saturated rings. The number of nitrogens with zero attached hydrogens (tertiary/aromatic N) is 4. The minimum Gasteiger partial charge on any atom is -0.410 e. The summed E-state index contributed by atoms with van der Waals surface area (Å²) < 4.78 is 13.3. The first kappa shape index (κ1) is 26.0. The van der Waals surface area contributed by atoms with Gasteiger partial charge in [0.1, 0.15) is 18.8 Å². The van der Waals surface area contributed by atoms with Gasteiger partial charge >= 0.3 is 6.09 Å². The SMILES string of the molecule is C[Si](C)(C)CCOCn1cnnc1-c1cncc(-c2cccc(OC(=O)NCC3CCCCC3)c2)c1. The summed E-state index contributed by atoms with van der Waals surface area (Å²) in [6, 6.07) is 10.6. The Morgan fingerprint density at radius 2 is 1.89 bits per heavy atom. The van der Waals surface area contributed by atoms with Gasteiger partial charge < -0.3 is 14.8 Å². The number of amides is 1. The Kier molecular flexibility index (Phi) is 8.87. The monoisotopic (exact) mass is 507 g/mol. The summed E-state index contributed by atoms with van der Waals surface area (Å²) in [6.07, 6.45) is 11.0. The van der Waals surface area contributed by atoms with Crippen molar-refractivity contribution < 1.29 is 14.3 Å². The van der Waals surface area contributed by atoms with Crippen LogP contribution in [0.25, 0.3) is 22.5 Å². The van der Waals surface area contributed by atoms with Crippen LogP contribution in [0.15, 0.2) is 49.1 Å². The molecule has 3 aromatic rings. The molecule has 36 heavy (non-hydrogen) atoms. The molecule has 1 saturated carbocycles. The molecule has 2 aromatic heterocycles. The van der Waals surface area contributed by atoms with Crippen molar-refractivity contribution in [2.45, 2.75) is 64.5 Å². The first-order valence-corrected chi connectivity index (χ1v) is 16.6. The summed E-state index contributed by atoms with van der Waals surface area (Å²) in [5, 5.41) is 11.3. The Bertz CT molecular complexity index is 1140. The molecule has 0 radical (unpaired) electrons. The highest BCUT2D eigenvalue weighted by Crippen LogP contribution is 2.27. The van der Waals surface area contributed by atoms with Gasteiger partial charge in [-0.25, -0.2) is 4.79 Å². The van der Waals surface area contributed by atoms with Gasteiger partial charge in [0.2, 0.25) is 0 Å².